The molecular formula is C27H29O7-. The highest BCUT2D eigenvalue weighted by Gasteiger charge is 2.78. The Morgan fingerprint density at radius 1 is 1.21 bits per heavy atom. The maximum absolute atomic E-state index is 13.7. The molecule has 0 bridgehead atoms. The summed E-state index contributed by atoms with van der Waals surface area (Å²) in [5, 5.41) is 12.4. The predicted octanol–water partition coefficient (Wildman–Crippen LogP) is 2.57. The maximum atomic E-state index is 13.7. The second-order valence-corrected chi connectivity index (χ2v) is 11.5. The summed E-state index contributed by atoms with van der Waals surface area (Å²) in [5.74, 6) is -3.76. The zero-order chi connectivity index (χ0) is 24.4. The van der Waals surface area contributed by atoms with Crippen molar-refractivity contribution in [2.45, 2.75) is 65.3 Å². The first-order valence-corrected chi connectivity index (χ1v) is 12.0. The number of ketones is 1. The van der Waals surface area contributed by atoms with Crippen LogP contribution in [0.5, 0.6) is 0 Å². The van der Waals surface area contributed by atoms with Crippen molar-refractivity contribution in [2.24, 2.45) is 34.0 Å². The summed E-state index contributed by atoms with van der Waals surface area (Å²) in [6.45, 7) is 9.31. The Bertz CT molecular complexity index is 1180. The molecule has 0 amide bonds. The Kier molecular flexibility index (Phi) is 4.18. The molecule has 6 rings (SSSR count). The van der Waals surface area contributed by atoms with Crippen LogP contribution in [0.3, 0.4) is 0 Å². The van der Waals surface area contributed by atoms with Crippen LogP contribution in [0.4, 0.5) is 0 Å². The second kappa shape index (κ2) is 6.51. The molecule has 3 fully saturated rings. The molecule has 34 heavy (non-hydrogen) atoms. The number of ether oxygens (including phenoxy) is 2. The first-order chi connectivity index (χ1) is 16.0. The third-order valence-corrected chi connectivity index (χ3v) is 10.0. The van der Waals surface area contributed by atoms with Crippen molar-refractivity contribution in [1.29, 1.82) is 0 Å². The van der Waals surface area contributed by atoms with Crippen LogP contribution in [0.2, 0.25) is 0 Å². The van der Waals surface area contributed by atoms with Crippen molar-refractivity contribution < 1.29 is 33.4 Å². The first kappa shape index (κ1) is 21.8. The lowest BCUT2D eigenvalue weighted by molar-refractivity contribution is -0.317. The summed E-state index contributed by atoms with van der Waals surface area (Å²) in [6, 6.07) is 1.94. The standard InChI is InChI=1S/C27H30O7/c1-12-15(14-7-9-32-11-14)10-16-18(12)27(5)20(13(2)23(29)30)26(4)17(28)6-8-25(3)21(26)19(22(27)33-16)34-24(25)31/h6-9,11,13,15-16,19-22H,10H2,1-5H3,(H,29,30)/p-1. The Morgan fingerprint density at radius 2 is 1.94 bits per heavy atom. The molecule has 0 N–H and O–H groups in total. The molecule has 0 aromatic carbocycles. The van der Waals surface area contributed by atoms with Crippen LogP contribution >= 0.6 is 0 Å². The number of hydrogen-bond acceptors (Lipinski definition) is 7. The van der Waals surface area contributed by atoms with Crippen molar-refractivity contribution in [3.05, 3.63) is 47.5 Å². The zero-order valence-corrected chi connectivity index (χ0v) is 20.0. The quantitative estimate of drug-likeness (QED) is 0.499. The lowest BCUT2D eigenvalue weighted by atomic mass is 9.40. The fourth-order valence-electron chi connectivity index (χ4n) is 8.82. The Balaban J connectivity index is 1.61. The van der Waals surface area contributed by atoms with Crippen LogP contribution in [0.25, 0.3) is 0 Å². The molecule has 2 saturated heterocycles. The van der Waals surface area contributed by atoms with Gasteiger partial charge in [0.25, 0.3) is 0 Å². The molecule has 3 heterocycles. The van der Waals surface area contributed by atoms with Gasteiger partial charge in [0.1, 0.15) is 12.2 Å². The minimum absolute atomic E-state index is 0.0827. The number of allylic oxidation sites excluding steroid dienone is 2. The van der Waals surface area contributed by atoms with Crippen LogP contribution in [-0.2, 0) is 23.9 Å². The van der Waals surface area contributed by atoms with Crippen LogP contribution in [0.15, 0.2) is 46.3 Å². The van der Waals surface area contributed by atoms with E-state index in [2.05, 4.69) is 6.92 Å². The van der Waals surface area contributed by atoms with Crippen molar-refractivity contribution in [3.8, 4) is 0 Å². The normalized spacial score (nSPS) is 47.3. The van der Waals surface area contributed by atoms with E-state index in [1.165, 1.54) is 6.08 Å². The summed E-state index contributed by atoms with van der Waals surface area (Å²) >= 11 is 0. The van der Waals surface area contributed by atoms with Gasteiger partial charge in [-0.15, -0.1) is 0 Å². The summed E-state index contributed by atoms with van der Waals surface area (Å²) in [4.78, 5) is 39.2. The molecular weight excluding hydrogens is 436 g/mol. The minimum Gasteiger partial charge on any atom is -0.550 e. The molecule has 10 atom stereocenters. The maximum Gasteiger partial charge on any atom is 0.316 e. The largest absolute Gasteiger partial charge is 0.550 e. The van der Waals surface area contributed by atoms with Crippen LogP contribution < -0.4 is 5.11 Å². The van der Waals surface area contributed by atoms with Gasteiger partial charge in [-0.2, -0.15) is 0 Å². The monoisotopic (exact) mass is 465 g/mol. The van der Waals surface area contributed by atoms with Crippen LogP contribution in [0.1, 0.15) is 52.5 Å². The Morgan fingerprint density at radius 3 is 2.59 bits per heavy atom. The van der Waals surface area contributed by atoms with Gasteiger partial charge >= 0.3 is 5.97 Å². The van der Waals surface area contributed by atoms with Gasteiger partial charge in [0.2, 0.25) is 0 Å². The molecule has 7 nitrogen and oxygen atoms in total. The molecule has 1 aromatic heterocycles. The summed E-state index contributed by atoms with van der Waals surface area (Å²) in [5.41, 5.74) is 0.222. The Hall–Kier alpha value is -2.67. The van der Waals surface area contributed by atoms with E-state index in [1.54, 1.807) is 32.4 Å². The number of carbonyl (C=O) groups excluding carboxylic acids is 3. The second-order valence-electron chi connectivity index (χ2n) is 11.5. The highest BCUT2D eigenvalue weighted by Crippen LogP contribution is 2.72. The zero-order valence-electron chi connectivity index (χ0n) is 20.0. The van der Waals surface area contributed by atoms with E-state index in [1.807, 2.05) is 19.9 Å². The molecule has 1 saturated carbocycles. The van der Waals surface area contributed by atoms with Crippen molar-refractivity contribution in [2.75, 3.05) is 0 Å². The van der Waals surface area contributed by atoms with Gasteiger partial charge in [-0.25, -0.2) is 0 Å². The predicted molar refractivity (Wildman–Crippen MR) is 117 cm³/mol. The Labute approximate surface area is 198 Å². The average molecular weight is 466 g/mol. The number of carboxylic acid groups (broad SMARTS) is 1. The number of furan rings is 1. The van der Waals surface area contributed by atoms with E-state index in [0.717, 1.165) is 16.7 Å². The SMILES string of the molecule is CC1=C2C(CC1c1ccoc1)OC1C3OC(=O)C4(C)C=CC(=O)C(C)(C34)C(C(C)C(=O)[O-])C21C. The van der Waals surface area contributed by atoms with Crippen LogP contribution in [-0.4, -0.2) is 36.0 Å². The van der Waals surface area contributed by atoms with E-state index in [4.69, 9.17) is 13.9 Å². The molecule has 180 valence electrons. The average Bonchev–Trinajstić information content (AvgIpc) is 3.51. The third-order valence-electron chi connectivity index (χ3n) is 10.0. The van der Waals surface area contributed by atoms with Crippen molar-refractivity contribution in [3.63, 3.8) is 0 Å². The fraction of sp³-hybridized carbons (Fsp3) is 0.593. The van der Waals surface area contributed by atoms with Crippen LogP contribution in [0, 0.1) is 34.0 Å². The third kappa shape index (κ3) is 2.25. The molecule has 10 unspecified atom stereocenters. The fourth-order valence-corrected chi connectivity index (χ4v) is 8.82. The number of rotatable bonds is 3. The van der Waals surface area contributed by atoms with Gasteiger partial charge in [-0.05, 0) is 49.5 Å². The molecule has 3 aliphatic carbocycles. The first-order valence-electron chi connectivity index (χ1n) is 12.0. The van der Waals surface area contributed by atoms with Crippen molar-refractivity contribution in [1.82, 2.24) is 0 Å². The molecule has 2 aliphatic heterocycles. The highest BCUT2D eigenvalue weighted by molar-refractivity contribution is 6.00. The number of carbonyl (C=O) groups is 3. The number of carboxylic acids is 1. The van der Waals surface area contributed by atoms with Gasteiger partial charge in [0.05, 0.1) is 24.0 Å². The summed E-state index contributed by atoms with van der Waals surface area (Å²) in [6.07, 6.45) is 5.75. The van der Waals surface area contributed by atoms with E-state index >= 15 is 0 Å². The van der Waals surface area contributed by atoms with Gasteiger partial charge in [-0.3, -0.25) is 9.59 Å². The van der Waals surface area contributed by atoms with E-state index < -0.39 is 52.2 Å². The summed E-state index contributed by atoms with van der Waals surface area (Å²) < 4.78 is 18.0. The van der Waals surface area contributed by atoms with Crippen molar-refractivity contribution >= 4 is 17.7 Å². The number of aliphatic carboxylic acids is 1. The lowest BCUT2D eigenvalue weighted by Gasteiger charge is -2.61. The minimum atomic E-state index is -1.20. The highest BCUT2D eigenvalue weighted by atomic mass is 16.6. The smallest absolute Gasteiger partial charge is 0.316 e. The topological polar surface area (TPSA) is 106 Å². The molecule has 0 spiro atoms. The van der Waals surface area contributed by atoms with Gasteiger partial charge in [-0.1, -0.05) is 32.4 Å². The molecule has 7 heteroatoms. The van der Waals surface area contributed by atoms with Gasteiger partial charge in [0.15, 0.2) is 5.78 Å². The molecule has 0 radical (unpaired) electrons. The van der Waals surface area contributed by atoms with Gasteiger partial charge < -0.3 is 23.8 Å². The lowest BCUT2D eigenvalue weighted by Crippen LogP contribution is -2.68. The van der Waals surface area contributed by atoms with Gasteiger partial charge in [0, 0.05) is 34.6 Å². The summed E-state index contributed by atoms with van der Waals surface area (Å²) in [7, 11) is 0. The number of esters is 1. The molecule has 1 aromatic rings. The van der Waals surface area contributed by atoms with E-state index in [-0.39, 0.29) is 23.8 Å². The van der Waals surface area contributed by atoms with E-state index in [0.29, 0.717) is 6.42 Å². The molecule has 5 aliphatic rings. The van der Waals surface area contributed by atoms with E-state index in [9.17, 15) is 19.5 Å². The number of hydrogen-bond donors (Lipinski definition) is 0. The number of fused-ring (bicyclic) bond motifs is 4.